The van der Waals surface area contributed by atoms with E-state index in [1.807, 2.05) is 35.2 Å². The van der Waals surface area contributed by atoms with E-state index in [0.29, 0.717) is 6.01 Å². The molecule has 25 heavy (non-hydrogen) atoms. The van der Waals surface area contributed by atoms with Gasteiger partial charge in [0.25, 0.3) is 6.01 Å². The Kier molecular flexibility index (Phi) is 4.37. The molecule has 5 heteroatoms. The molecule has 0 saturated carbocycles. The summed E-state index contributed by atoms with van der Waals surface area (Å²) in [4.78, 5) is 18.9. The minimum Gasteiger partial charge on any atom is -0.424 e. The number of aromatic nitrogens is 1. The molecule has 2 heterocycles. The van der Waals surface area contributed by atoms with E-state index in [1.165, 1.54) is 5.56 Å². The van der Waals surface area contributed by atoms with Gasteiger partial charge in [0.05, 0.1) is 0 Å². The number of fused-ring (bicyclic) bond motifs is 1. The number of hydrogen-bond acceptors (Lipinski definition) is 4. The zero-order valence-electron chi connectivity index (χ0n) is 14.0. The molecular weight excluding hydrogens is 314 g/mol. The van der Waals surface area contributed by atoms with Crippen LogP contribution in [0.1, 0.15) is 18.4 Å². The highest BCUT2D eigenvalue weighted by atomic mass is 16.4. The van der Waals surface area contributed by atoms with Gasteiger partial charge >= 0.3 is 0 Å². The van der Waals surface area contributed by atoms with Crippen molar-refractivity contribution in [3.05, 3.63) is 60.2 Å². The number of anilines is 1. The largest absolute Gasteiger partial charge is 0.424 e. The Balaban J connectivity index is 1.32. The lowest BCUT2D eigenvalue weighted by molar-refractivity contribution is -0.128. The van der Waals surface area contributed by atoms with E-state index >= 15 is 0 Å². The number of likely N-dealkylation sites (tertiary alicyclic amines) is 1. The molecular formula is C20H21N3O2. The Hall–Kier alpha value is -2.82. The van der Waals surface area contributed by atoms with Gasteiger partial charge in [0, 0.05) is 13.1 Å². The van der Waals surface area contributed by atoms with Crippen LogP contribution in [0.15, 0.2) is 59.0 Å². The van der Waals surface area contributed by atoms with E-state index in [2.05, 4.69) is 34.6 Å². The Morgan fingerprint density at radius 1 is 1.12 bits per heavy atom. The topological polar surface area (TPSA) is 58.4 Å². The molecule has 1 amide bonds. The summed E-state index contributed by atoms with van der Waals surface area (Å²) < 4.78 is 5.66. The number of nitrogens with one attached hydrogen (secondary N) is 1. The van der Waals surface area contributed by atoms with Gasteiger partial charge < -0.3 is 14.6 Å². The maximum absolute atomic E-state index is 12.6. The predicted molar refractivity (Wildman–Crippen MR) is 97.4 cm³/mol. The fraction of sp³-hybridized carbons (Fsp3) is 0.300. The van der Waals surface area contributed by atoms with Gasteiger partial charge in [-0.1, -0.05) is 42.5 Å². The van der Waals surface area contributed by atoms with Crippen molar-refractivity contribution in [2.45, 2.75) is 25.3 Å². The van der Waals surface area contributed by atoms with Crippen molar-refractivity contribution in [1.82, 2.24) is 9.88 Å². The molecule has 5 nitrogen and oxygen atoms in total. The minimum atomic E-state index is -0.246. The second-order valence-electron chi connectivity index (χ2n) is 6.39. The molecule has 1 unspecified atom stereocenters. The summed E-state index contributed by atoms with van der Waals surface area (Å²) in [6, 6.07) is 18.2. The molecule has 1 aromatic heterocycles. The van der Waals surface area contributed by atoms with E-state index in [-0.39, 0.29) is 11.9 Å². The van der Waals surface area contributed by atoms with Crippen LogP contribution in [0.5, 0.6) is 0 Å². The molecule has 128 valence electrons. The second kappa shape index (κ2) is 6.97. The van der Waals surface area contributed by atoms with Gasteiger partial charge in [0.15, 0.2) is 5.58 Å². The van der Waals surface area contributed by atoms with Crippen LogP contribution in [0.4, 0.5) is 6.01 Å². The van der Waals surface area contributed by atoms with Crippen molar-refractivity contribution in [2.24, 2.45) is 0 Å². The number of carbonyl (C=O) groups is 1. The maximum atomic E-state index is 12.6. The number of para-hydroxylation sites is 2. The highest BCUT2D eigenvalue weighted by Gasteiger charge is 2.32. The Bertz CT molecular complexity index is 827. The molecule has 1 saturated heterocycles. The molecule has 0 spiro atoms. The van der Waals surface area contributed by atoms with Crippen LogP contribution in [-0.4, -0.2) is 34.9 Å². The first-order chi connectivity index (χ1) is 12.3. The molecule has 1 N–H and O–H groups in total. The zero-order chi connectivity index (χ0) is 17.1. The van der Waals surface area contributed by atoms with Crippen LogP contribution < -0.4 is 5.32 Å². The number of oxazole rings is 1. The van der Waals surface area contributed by atoms with Crippen LogP contribution in [0.2, 0.25) is 0 Å². The third-order valence-electron chi connectivity index (χ3n) is 4.63. The van der Waals surface area contributed by atoms with Gasteiger partial charge in [-0.3, -0.25) is 4.79 Å². The third kappa shape index (κ3) is 3.50. The van der Waals surface area contributed by atoms with Crippen molar-refractivity contribution >= 4 is 23.0 Å². The van der Waals surface area contributed by atoms with E-state index in [4.69, 9.17) is 4.42 Å². The second-order valence-corrected chi connectivity index (χ2v) is 6.39. The molecule has 0 bridgehead atoms. The summed E-state index contributed by atoms with van der Waals surface area (Å²) in [5, 5.41) is 3.15. The molecule has 1 atom stereocenters. The summed E-state index contributed by atoms with van der Waals surface area (Å²) in [5.41, 5.74) is 2.85. The molecule has 0 aliphatic carbocycles. The van der Waals surface area contributed by atoms with Crippen LogP contribution in [0.25, 0.3) is 11.1 Å². The Morgan fingerprint density at radius 3 is 2.76 bits per heavy atom. The predicted octanol–water partition coefficient (Wildman–Crippen LogP) is 3.47. The normalized spacial score (nSPS) is 17.4. The van der Waals surface area contributed by atoms with Gasteiger partial charge in [-0.2, -0.15) is 4.98 Å². The molecule has 2 aromatic carbocycles. The summed E-state index contributed by atoms with van der Waals surface area (Å²) >= 11 is 0. The highest BCUT2D eigenvalue weighted by Crippen LogP contribution is 2.22. The quantitative estimate of drug-likeness (QED) is 0.749. The molecule has 4 rings (SSSR count). The van der Waals surface area contributed by atoms with E-state index in [0.717, 1.165) is 43.5 Å². The highest BCUT2D eigenvalue weighted by molar-refractivity contribution is 5.86. The number of rotatable bonds is 6. The van der Waals surface area contributed by atoms with Crippen LogP contribution in [-0.2, 0) is 11.2 Å². The van der Waals surface area contributed by atoms with E-state index < -0.39 is 0 Å². The SMILES string of the molecule is O=C1C(Nc2nc3ccccc3o2)CCN1CCCc1ccccc1. The zero-order valence-corrected chi connectivity index (χ0v) is 14.0. The number of hydrogen-bond donors (Lipinski definition) is 1. The van der Waals surface area contributed by atoms with Gasteiger partial charge in [0.2, 0.25) is 5.91 Å². The van der Waals surface area contributed by atoms with Gasteiger partial charge in [-0.05, 0) is 37.0 Å². The Morgan fingerprint density at radius 2 is 1.92 bits per heavy atom. The molecule has 0 radical (unpaired) electrons. The molecule has 1 aliphatic heterocycles. The lowest BCUT2D eigenvalue weighted by atomic mass is 10.1. The van der Waals surface area contributed by atoms with Crippen molar-refractivity contribution in [3.63, 3.8) is 0 Å². The van der Waals surface area contributed by atoms with Gasteiger partial charge in [0.1, 0.15) is 11.6 Å². The first-order valence-electron chi connectivity index (χ1n) is 8.74. The number of benzene rings is 2. The van der Waals surface area contributed by atoms with Crippen molar-refractivity contribution < 1.29 is 9.21 Å². The third-order valence-corrected chi connectivity index (χ3v) is 4.63. The summed E-state index contributed by atoms with van der Waals surface area (Å²) in [5.74, 6) is 0.135. The number of nitrogens with zero attached hydrogens (tertiary/aromatic N) is 2. The van der Waals surface area contributed by atoms with E-state index in [9.17, 15) is 4.79 Å². The summed E-state index contributed by atoms with van der Waals surface area (Å²) in [6.45, 7) is 1.57. The molecule has 1 aliphatic rings. The minimum absolute atomic E-state index is 0.135. The first kappa shape index (κ1) is 15.7. The fourth-order valence-electron chi connectivity index (χ4n) is 3.30. The lowest BCUT2D eigenvalue weighted by Crippen LogP contribution is -2.34. The van der Waals surface area contributed by atoms with E-state index in [1.54, 1.807) is 0 Å². The maximum Gasteiger partial charge on any atom is 0.296 e. The van der Waals surface area contributed by atoms with Gasteiger partial charge in [-0.15, -0.1) is 0 Å². The lowest BCUT2D eigenvalue weighted by Gasteiger charge is -2.16. The van der Waals surface area contributed by atoms with Crippen LogP contribution in [0, 0.1) is 0 Å². The first-order valence-corrected chi connectivity index (χ1v) is 8.74. The average molecular weight is 335 g/mol. The Labute approximate surface area is 146 Å². The van der Waals surface area contributed by atoms with Crippen molar-refractivity contribution in [3.8, 4) is 0 Å². The number of aryl methyl sites for hydroxylation is 1. The summed E-state index contributed by atoms with van der Waals surface area (Å²) in [7, 11) is 0. The van der Waals surface area contributed by atoms with Gasteiger partial charge in [-0.25, -0.2) is 0 Å². The fourth-order valence-corrected chi connectivity index (χ4v) is 3.30. The van der Waals surface area contributed by atoms with Crippen molar-refractivity contribution in [1.29, 1.82) is 0 Å². The van der Waals surface area contributed by atoms with Crippen LogP contribution >= 0.6 is 0 Å². The monoisotopic (exact) mass is 335 g/mol. The average Bonchev–Trinajstić information content (AvgIpc) is 3.20. The van der Waals surface area contributed by atoms with Crippen LogP contribution in [0.3, 0.4) is 0 Å². The number of amides is 1. The molecule has 3 aromatic rings. The number of carbonyl (C=O) groups excluding carboxylic acids is 1. The smallest absolute Gasteiger partial charge is 0.296 e. The summed E-state index contributed by atoms with van der Waals surface area (Å²) in [6.07, 6.45) is 2.75. The molecule has 1 fully saturated rings. The van der Waals surface area contributed by atoms with Crippen molar-refractivity contribution in [2.75, 3.05) is 18.4 Å². The standard InChI is InChI=1S/C20H21N3O2/c24-19-17(22-20-21-16-10-4-5-11-18(16)25-20)12-14-23(19)13-6-9-15-7-2-1-3-8-15/h1-5,7-8,10-11,17H,6,9,12-14H2,(H,21,22).